The number of rotatable bonds is 27. The number of benzene rings is 12. The molecule has 20 rings (SSSR count). The summed E-state index contributed by atoms with van der Waals surface area (Å²) >= 11 is 0. The smallest absolute Gasteiger partial charge is 0.206 e. The molecule has 0 aliphatic rings. The van der Waals surface area contributed by atoms with E-state index < -0.39 is 70.2 Å². The molecule has 0 bridgehead atoms. The van der Waals surface area contributed by atoms with E-state index in [-0.39, 0.29) is 40.9 Å². The summed E-state index contributed by atoms with van der Waals surface area (Å²) in [6.07, 6.45) is 27.4. The van der Waals surface area contributed by atoms with Crippen LogP contribution in [0.3, 0.4) is 0 Å². The number of sulfone groups is 2. The second kappa shape index (κ2) is 45.0. The van der Waals surface area contributed by atoms with Crippen LogP contribution in [-0.2, 0) is 39.3 Å². The minimum atomic E-state index is -4.15. The Morgan fingerprint density at radius 2 is 0.817 bits per heavy atom. The molecule has 0 saturated carbocycles. The molecular formula is C108H90F8N18O6S2. The first kappa shape index (κ1) is 98.0. The highest BCUT2D eigenvalue weighted by atomic mass is 32.2. The SMILES string of the molecule is C(=C\c1[nH]nc2ccc(NCc3ccccc3)cc12)/c1ccccn1.C[C@@H](Nc1ccc2[nH]nc(/C=C/c3cnn(CCO)c3)c2c1)c1cc(F)cc(F)c1.C[C@@H](Nc1ccc2[nH]nc(/C=C/c3cnn(CCO)c3)c2c1)c1cccc(F)c1.Cc1ccccc1/C=C/c1[nH]nc2ccc(S(=O)(=O)c3cc(F)cc(F)c3)cc12.O=S(=O)(c1cc(F)cc(F)c1)c1ccc2n[nH]c(/C=C/c3ccccc3F)c2c1. The Kier molecular flexibility index (Phi) is 31.1. The van der Waals surface area contributed by atoms with Crippen LogP contribution in [-0.4, -0.2) is 116 Å². The molecule has 0 aliphatic carbocycles. The first-order valence-corrected chi connectivity index (χ1v) is 47.4. The number of aliphatic hydroxyl groups excluding tert-OH is 2. The predicted octanol–water partition coefficient (Wildman–Crippen LogP) is 23.5. The number of fused-ring (bicyclic) bond motifs is 5. The summed E-state index contributed by atoms with van der Waals surface area (Å²) in [7, 11) is -8.24. The average molecular weight is 1950 g/mol. The zero-order valence-electron chi connectivity index (χ0n) is 76.1. The fraction of sp³-hybridized carbons (Fsp3) is 0.0926. The lowest BCUT2D eigenvalue weighted by Gasteiger charge is -2.16. The number of halogens is 8. The third kappa shape index (κ3) is 24.9. The second-order valence-electron chi connectivity index (χ2n) is 32.6. The van der Waals surface area contributed by atoms with Crippen LogP contribution in [0.5, 0.6) is 0 Å². The Hall–Kier alpha value is -17.1. The van der Waals surface area contributed by atoms with Gasteiger partial charge < -0.3 is 26.2 Å². The Bertz CT molecular complexity index is 8010. The van der Waals surface area contributed by atoms with E-state index in [1.54, 1.807) is 70.4 Å². The number of H-pyrrole nitrogens is 5. The number of nitrogens with zero attached hydrogens (tertiary/aromatic N) is 10. The lowest BCUT2D eigenvalue weighted by Crippen LogP contribution is -2.07. The number of nitrogens with one attached hydrogen (secondary N) is 8. The van der Waals surface area contributed by atoms with Gasteiger partial charge in [0.15, 0.2) is 0 Å². The highest BCUT2D eigenvalue weighted by Crippen LogP contribution is 2.34. The van der Waals surface area contributed by atoms with E-state index in [9.17, 15) is 52.0 Å². The topological polar surface area (TPSA) is 337 Å². The molecule has 0 radical (unpaired) electrons. The zero-order chi connectivity index (χ0) is 99.4. The van der Waals surface area contributed by atoms with Gasteiger partial charge in [0.1, 0.15) is 46.5 Å². The number of aliphatic hydroxyl groups is 2. The van der Waals surface area contributed by atoms with Gasteiger partial charge in [0.25, 0.3) is 0 Å². The molecule has 716 valence electrons. The van der Waals surface area contributed by atoms with Crippen LogP contribution in [0, 0.1) is 53.5 Å². The van der Waals surface area contributed by atoms with Gasteiger partial charge in [-0.25, -0.2) is 52.0 Å². The van der Waals surface area contributed by atoms with Gasteiger partial charge in [-0.3, -0.25) is 39.8 Å². The largest absolute Gasteiger partial charge is 0.394 e. The van der Waals surface area contributed by atoms with Gasteiger partial charge in [0.05, 0.1) is 120 Å². The zero-order valence-corrected chi connectivity index (χ0v) is 77.7. The van der Waals surface area contributed by atoms with Crippen molar-refractivity contribution in [3.63, 3.8) is 0 Å². The highest BCUT2D eigenvalue weighted by molar-refractivity contribution is 7.91. The van der Waals surface area contributed by atoms with Crippen LogP contribution in [0.4, 0.5) is 52.2 Å². The molecule has 0 unspecified atom stereocenters. The van der Waals surface area contributed by atoms with E-state index in [2.05, 4.69) is 119 Å². The van der Waals surface area contributed by atoms with Crippen molar-refractivity contribution in [3.8, 4) is 0 Å². The standard InChI is InChI=1S/C22H21F2N5O.C22H16F2N2O2S.C22H22FN5O.C21H13F3N2O2S.C21H18N4/c1-14(16-8-17(23)10-18(24)9-16)26-19-3-5-22-20(11-19)21(27-28-22)4-2-15-12-25-29(13-15)6-7-30;1-14-4-2-3-5-15(14)6-8-21-20-13-18(7-9-22(20)26-25-21)29(27,28)19-11-16(23)10-17(24)12-19;1-15(17-3-2-4-18(23)11-17)25-19-6-8-22-20(12-19)21(26-27-22)7-5-16-13-24-28(14-16)9-10-29;22-14-9-15(23)11-17(10-14)29(27,28)16-6-8-21-18(12-16)20(25-26-21)7-5-13-3-1-2-4-19(13)24;1-2-6-16(7-3-1)15-23-18-10-12-21-19(14-18)20(24-25-21)11-9-17-8-4-5-13-22-17/h2-5,8-14,26,30H,6-7H2,1H3,(H,27,28);2-13H,1H3,(H,25,26);2-8,11-15,25,29H,9-10H2,1H3,(H,26,27);1-12H,(H,25,26);1-14,23H,15H2,(H,24,25)/b4-2+;8-6+;2*7-5+;11-9+/t14-;;15-;;/m1.1../s1. The number of aromatic nitrogens is 15. The molecule has 34 heteroatoms. The molecule has 2 atom stereocenters. The number of pyridine rings is 1. The lowest BCUT2D eigenvalue weighted by atomic mass is 10.1. The molecule has 0 aliphatic heterocycles. The molecule has 24 nitrogen and oxygen atoms in total. The molecule has 142 heavy (non-hydrogen) atoms. The van der Waals surface area contributed by atoms with Gasteiger partial charge in [-0.2, -0.15) is 35.7 Å². The van der Waals surface area contributed by atoms with E-state index in [4.69, 9.17) is 10.2 Å². The minimum Gasteiger partial charge on any atom is -0.394 e. The van der Waals surface area contributed by atoms with Crippen molar-refractivity contribution in [2.45, 2.75) is 72.1 Å². The molecule has 8 aromatic heterocycles. The summed E-state index contributed by atoms with van der Waals surface area (Å²) in [6.45, 7) is 7.64. The van der Waals surface area contributed by atoms with Crippen LogP contribution in [0.1, 0.15) is 105 Å². The van der Waals surface area contributed by atoms with Crippen LogP contribution < -0.4 is 16.0 Å². The maximum absolute atomic E-state index is 13.8. The number of hydrogen-bond acceptors (Lipinski definition) is 17. The van der Waals surface area contributed by atoms with Crippen LogP contribution in [0.15, 0.2) is 317 Å². The number of hydrogen-bond donors (Lipinski definition) is 10. The predicted molar refractivity (Wildman–Crippen MR) is 540 cm³/mol. The monoisotopic (exact) mass is 1950 g/mol. The number of anilines is 3. The molecule has 10 N–H and O–H groups in total. The maximum atomic E-state index is 13.8. The Morgan fingerprint density at radius 3 is 1.32 bits per heavy atom. The van der Waals surface area contributed by atoms with Crippen LogP contribution in [0.25, 0.3) is 115 Å². The van der Waals surface area contributed by atoms with Crippen molar-refractivity contribution in [1.29, 1.82) is 0 Å². The van der Waals surface area contributed by atoms with Gasteiger partial charge >= 0.3 is 0 Å². The summed E-state index contributed by atoms with van der Waals surface area (Å²) in [6, 6.07) is 70.9. The molecule has 20 aromatic rings. The third-order valence-corrected chi connectivity index (χ3v) is 26.0. The average Bonchev–Trinajstić information content (AvgIpc) is 1.45. The van der Waals surface area contributed by atoms with Gasteiger partial charge in [-0.05, 0) is 261 Å². The van der Waals surface area contributed by atoms with Gasteiger partial charge in [-0.1, -0.05) is 97.1 Å². The summed E-state index contributed by atoms with van der Waals surface area (Å²) in [4.78, 5) is 3.18. The van der Waals surface area contributed by atoms with Crippen molar-refractivity contribution in [2.75, 3.05) is 29.2 Å². The van der Waals surface area contributed by atoms with E-state index >= 15 is 0 Å². The summed E-state index contributed by atoms with van der Waals surface area (Å²) in [5.41, 5.74) is 18.2. The molecular weight excluding hydrogens is 1860 g/mol. The van der Waals surface area contributed by atoms with Crippen molar-refractivity contribution in [3.05, 3.63) is 423 Å². The van der Waals surface area contributed by atoms with Crippen LogP contribution in [0.2, 0.25) is 0 Å². The molecule has 0 saturated heterocycles. The minimum absolute atomic E-state index is 0.0330. The van der Waals surface area contributed by atoms with Crippen molar-refractivity contribution >= 4 is 152 Å². The van der Waals surface area contributed by atoms with E-state index in [0.29, 0.717) is 69.5 Å². The molecule has 0 spiro atoms. The fourth-order valence-corrected chi connectivity index (χ4v) is 17.8. The number of aryl methyl sites for hydroxylation is 1. The summed E-state index contributed by atoms with van der Waals surface area (Å²) < 4.78 is 163. The van der Waals surface area contributed by atoms with E-state index in [1.165, 1.54) is 66.2 Å². The van der Waals surface area contributed by atoms with Gasteiger partial charge in [0.2, 0.25) is 19.7 Å². The molecule has 12 aromatic carbocycles. The van der Waals surface area contributed by atoms with Crippen molar-refractivity contribution < 1.29 is 62.2 Å². The fourth-order valence-electron chi connectivity index (χ4n) is 15.2. The first-order valence-electron chi connectivity index (χ1n) is 44.4. The summed E-state index contributed by atoms with van der Waals surface area (Å²) in [5, 5.41) is 76.7. The normalized spacial score (nSPS) is 12.2. The van der Waals surface area contributed by atoms with Crippen LogP contribution >= 0.6 is 0 Å². The Labute approximate surface area is 809 Å². The first-order chi connectivity index (χ1) is 68.7. The van der Waals surface area contributed by atoms with E-state index in [0.717, 1.165) is 137 Å². The Balaban J connectivity index is 0.000000128. The highest BCUT2D eigenvalue weighted by Gasteiger charge is 2.24. The quantitative estimate of drug-likeness (QED) is 0.0214. The maximum Gasteiger partial charge on any atom is 0.206 e. The molecule has 0 amide bonds. The molecule has 8 heterocycles. The third-order valence-electron chi connectivity index (χ3n) is 22.5. The molecule has 0 fully saturated rings. The van der Waals surface area contributed by atoms with Crippen molar-refractivity contribution in [2.24, 2.45) is 0 Å². The second-order valence-corrected chi connectivity index (χ2v) is 36.5. The van der Waals surface area contributed by atoms with Crippen molar-refractivity contribution in [1.82, 2.24) is 75.5 Å². The van der Waals surface area contributed by atoms with Gasteiger partial charge in [0, 0.05) is 116 Å². The Morgan fingerprint density at radius 1 is 0.373 bits per heavy atom. The van der Waals surface area contributed by atoms with Gasteiger partial charge in [-0.15, -0.1) is 0 Å². The lowest BCUT2D eigenvalue weighted by molar-refractivity contribution is 0.269. The number of aromatic amines is 5. The summed E-state index contributed by atoms with van der Waals surface area (Å²) in [5.74, 6) is -5.70. The van der Waals surface area contributed by atoms with E-state index in [1.807, 2.05) is 179 Å².